The summed E-state index contributed by atoms with van der Waals surface area (Å²) in [7, 11) is -0.454. The first-order valence-corrected chi connectivity index (χ1v) is 13.2. The van der Waals surface area contributed by atoms with Crippen LogP contribution in [0.5, 0.6) is 5.75 Å². The van der Waals surface area contributed by atoms with Gasteiger partial charge in [-0.2, -0.15) is 0 Å². The van der Waals surface area contributed by atoms with Crippen LogP contribution >= 0.6 is 11.6 Å². The SMILES string of the molecule is CC[C@@H](C(=O)NC)N(Cc1cccc(OC)c1)C(=O)CCCN(c1ccc(Cl)cc1)S(C)(=O)=O. The maximum Gasteiger partial charge on any atom is 0.242 e. The molecule has 186 valence electrons. The van der Waals surface area contributed by atoms with Crippen LogP contribution in [0.4, 0.5) is 5.69 Å². The van der Waals surface area contributed by atoms with Crippen molar-refractivity contribution >= 4 is 39.1 Å². The molecule has 1 atom stereocenters. The van der Waals surface area contributed by atoms with E-state index in [1.807, 2.05) is 31.2 Å². The average molecular weight is 510 g/mol. The number of hydrogen-bond acceptors (Lipinski definition) is 5. The number of methoxy groups -OCH3 is 1. The molecule has 0 fully saturated rings. The van der Waals surface area contributed by atoms with Crippen LogP contribution < -0.4 is 14.4 Å². The quantitative estimate of drug-likeness (QED) is 0.472. The van der Waals surface area contributed by atoms with Crippen LogP contribution in [-0.2, 0) is 26.2 Å². The van der Waals surface area contributed by atoms with Gasteiger partial charge in [-0.05, 0) is 54.8 Å². The maximum atomic E-state index is 13.3. The topological polar surface area (TPSA) is 96.0 Å². The summed E-state index contributed by atoms with van der Waals surface area (Å²) in [5, 5.41) is 3.12. The molecule has 0 aromatic heterocycles. The van der Waals surface area contributed by atoms with E-state index in [0.29, 0.717) is 22.9 Å². The van der Waals surface area contributed by atoms with Crippen molar-refractivity contribution < 1.29 is 22.7 Å². The first-order chi connectivity index (χ1) is 16.1. The summed E-state index contributed by atoms with van der Waals surface area (Å²) in [5.41, 5.74) is 1.30. The summed E-state index contributed by atoms with van der Waals surface area (Å²) in [6, 6.07) is 13.2. The Hall–Kier alpha value is -2.78. The Labute approximate surface area is 206 Å². The Morgan fingerprint density at radius 3 is 2.38 bits per heavy atom. The first-order valence-electron chi connectivity index (χ1n) is 11.0. The van der Waals surface area contributed by atoms with Gasteiger partial charge >= 0.3 is 0 Å². The van der Waals surface area contributed by atoms with Crippen LogP contribution in [0.1, 0.15) is 31.7 Å². The number of benzene rings is 2. The minimum Gasteiger partial charge on any atom is -0.497 e. The number of ether oxygens (including phenoxy) is 1. The molecule has 0 aliphatic rings. The van der Waals surface area contributed by atoms with E-state index in [2.05, 4.69) is 5.32 Å². The predicted molar refractivity (Wildman–Crippen MR) is 135 cm³/mol. The van der Waals surface area contributed by atoms with Crippen LogP contribution in [0, 0.1) is 0 Å². The van der Waals surface area contributed by atoms with Crippen LogP contribution in [0.2, 0.25) is 5.02 Å². The summed E-state index contributed by atoms with van der Waals surface area (Å²) in [6.45, 7) is 2.20. The molecule has 2 amide bonds. The second kappa shape index (κ2) is 12.6. The molecule has 10 heteroatoms. The Balaban J connectivity index is 2.19. The van der Waals surface area contributed by atoms with E-state index in [-0.39, 0.29) is 37.7 Å². The molecule has 0 aliphatic heterocycles. The maximum absolute atomic E-state index is 13.3. The molecule has 0 unspecified atom stereocenters. The highest BCUT2D eigenvalue weighted by atomic mass is 35.5. The van der Waals surface area contributed by atoms with Crippen molar-refractivity contribution in [3.05, 3.63) is 59.1 Å². The lowest BCUT2D eigenvalue weighted by Crippen LogP contribution is -2.48. The largest absolute Gasteiger partial charge is 0.497 e. The minimum atomic E-state index is -3.56. The Kier molecular flexibility index (Phi) is 10.2. The fourth-order valence-electron chi connectivity index (χ4n) is 3.66. The highest BCUT2D eigenvalue weighted by molar-refractivity contribution is 7.92. The number of carbonyl (C=O) groups is 2. The normalized spacial score (nSPS) is 12.0. The van der Waals surface area contributed by atoms with Crippen LogP contribution in [0.25, 0.3) is 0 Å². The third kappa shape index (κ3) is 7.63. The smallest absolute Gasteiger partial charge is 0.242 e. The molecular formula is C24H32ClN3O5S. The Morgan fingerprint density at radius 1 is 1.15 bits per heavy atom. The first kappa shape index (κ1) is 27.5. The molecule has 2 aromatic carbocycles. The molecule has 34 heavy (non-hydrogen) atoms. The van der Waals surface area contributed by atoms with Gasteiger partial charge in [0, 0.05) is 31.6 Å². The molecule has 0 saturated carbocycles. The second-order valence-corrected chi connectivity index (χ2v) is 10.2. The lowest BCUT2D eigenvalue weighted by molar-refractivity contribution is -0.141. The van der Waals surface area contributed by atoms with Crippen molar-refractivity contribution in [2.75, 3.05) is 31.3 Å². The number of nitrogens with one attached hydrogen (secondary N) is 1. The van der Waals surface area contributed by atoms with Gasteiger partial charge in [-0.15, -0.1) is 0 Å². The summed E-state index contributed by atoms with van der Waals surface area (Å²) in [4.78, 5) is 27.3. The zero-order valence-corrected chi connectivity index (χ0v) is 21.5. The molecule has 2 aromatic rings. The van der Waals surface area contributed by atoms with Crippen LogP contribution in [0.3, 0.4) is 0 Å². The summed E-state index contributed by atoms with van der Waals surface area (Å²) >= 11 is 5.92. The van der Waals surface area contributed by atoms with Crippen LogP contribution in [-0.4, -0.2) is 58.1 Å². The highest BCUT2D eigenvalue weighted by Gasteiger charge is 2.28. The number of hydrogen-bond donors (Lipinski definition) is 1. The van der Waals surface area contributed by atoms with Crippen molar-refractivity contribution in [3.8, 4) is 5.75 Å². The fraction of sp³-hybridized carbons (Fsp3) is 0.417. The lowest BCUT2D eigenvalue weighted by atomic mass is 10.1. The molecule has 2 rings (SSSR count). The van der Waals surface area contributed by atoms with Gasteiger partial charge in [0.2, 0.25) is 21.8 Å². The summed E-state index contributed by atoms with van der Waals surface area (Å²) in [5.74, 6) is 0.171. The minimum absolute atomic E-state index is 0.0804. The van der Waals surface area contributed by atoms with Crippen molar-refractivity contribution in [1.29, 1.82) is 0 Å². The van der Waals surface area contributed by atoms with Gasteiger partial charge < -0.3 is 15.0 Å². The van der Waals surface area contributed by atoms with Gasteiger partial charge in [0.1, 0.15) is 11.8 Å². The number of sulfonamides is 1. The van der Waals surface area contributed by atoms with Gasteiger partial charge in [0.15, 0.2) is 0 Å². The van der Waals surface area contributed by atoms with E-state index in [9.17, 15) is 18.0 Å². The molecule has 0 saturated heterocycles. The Bertz CT molecular complexity index is 1080. The molecule has 0 bridgehead atoms. The third-order valence-electron chi connectivity index (χ3n) is 5.39. The summed E-state index contributed by atoms with van der Waals surface area (Å²) in [6.07, 6.45) is 1.93. The number of halogens is 1. The second-order valence-electron chi connectivity index (χ2n) is 7.83. The van der Waals surface area contributed by atoms with Gasteiger partial charge in [-0.25, -0.2) is 8.42 Å². The van der Waals surface area contributed by atoms with Gasteiger partial charge in [0.25, 0.3) is 0 Å². The number of amides is 2. The molecule has 0 heterocycles. The molecule has 0 aliphatic carbocycles. The van der Waals surface area contributed by atoms with E-state index in [4.69, 9.17) is 16.3 Å². The number of nitrogens with zero attached hydrogens (tertiary/aromatic N) is 2. The van der Waals surface area contributed by atoms with Gasteiger partial charge in [-0.3, -0.25) is 13.9 Å². The van der Waals surface area contributed by atoms with Crippen molar-refractivity contribution in [3.63, 3.8) is 0 Å². The van der Waals surface area contributed by atoms with Crippen molar-refractivity contribution in [2.24, 2.45) is 0 Å². The number of rotatable bonds is 12. The zero-order chi connectivity index (χ0) is 25.3. The third-order valence-corrected chi connectivity index (χ3v) is 6.83. The number of anilines is 1. The standard InChI is InChI=1S/C24H32ClN3O5S/c1-5-22(24(30)26-2)27(17-18-8-6-9-21(16-18)33-3)23(29)10-7-15-28(34(4,31)32)20-13-11-19(25)12-14-20/h6,8-9,11-14,16,22H,5,7,10,15,17H2,1-4H3,(H,26,30)/t22-/m0/s1. The monoisotopic (exact) mass is 509 g/mol. The molecule has 8 nitrogen and oxygen atoms in total. The lowest BCUT2D eigenvalue weighted by Gasteiger charge is -2.31. The van der Waals surface area contributed by atoms with E-state index >= 15 is 0 Å². The van der Waals surface area contributed by atoms with E-state index in [1.54, 1.807) is 36.3 Å². The van der Waals surface area contributed by atoms with Crippen molar-refractivity contribution in [1.82, 2.24) is 10.2 Å². The molecular weight excluding hydrogens is 478 g/mol. The molecule has 1 N–H and O–H groups in total. The zero-order valence-electron chi connectivity index (χ0n) is 20.0. The summed E-state index contributed by atoms with van der Waals surface area (Å²) < 4.78 is 31.2. The van der Waals surface area contributed by atoms with Crippen LogP contribution in [0.15, 0.2) is 48.5 Å². The molecule has 0 radical (unpaired) electrons. The Morgan fingerprint density at radius 2 is 1.82 bits per heavy atom. The van der Waals surface area contributed by atoms with E-state index in [1.165, 1.54) is 11.4 Å². The van der Waals surface area contributed by atoms with Crippen molar-refractivity contribution in [2.45, 2.75) is 38.8 Å². The fourth-order valence-corrected chi connectivity index (χ4v) is 4.76. The highest BCUT2D eigenvalue weighted by Crippen LogP contribution is 2.22. The van der Waals surface area contributed by atoms with E-state index in [0.717, 1.165) is 11.8 Å². The average Bonchev–Trinajstić information content (AvgIpc) is 2.81. The van der Waals surface area contributed by atoms with E-state index < -0.39 is 16.1 Å². The predicted octanol–water partition coefficient (Wildman–Crippen LogP) is 3.45. The number of carbonyl (C=O) groups excluding carboxylic acids is 2. The van der Waals surface area contributed by atoms with Gasteiger partial charge in [-0.1, -0.05) is 30.7 Å². The molecule has 0 spiro atoms. The van der Waals surface area contributed by atoms with Gasteiger partial charge in [0.05, 0.1) is 19.1 Å². The number of likely N-dealkylation sites (N-methyl/N-ethyl adjacent to an activating group) is 1.